The van der Waals surface area contributed by atoms with E-state index >= 15 is 0 Å². The Bertz CT molecular complexity index is 506. The minimum absolute atomic E-state index is 0. The molecule has 4 N–H and O–H groups in total. The van der Waals surface area contributed by atoms with E-state index in [-0.39, 0.29) is 24.0 Å². The lowest BCUT2D eigenvalue weighted by atomic mass is 10.1. The fraction of sp³-hybridized carbons (Fsp3) is 0.556. The molecule has 0 aliphatic heterocycles. The van der Waals surface area contributed by atoms with Gasteiger partial charge in [0.15, 0.2) is 5.96 Å². The van der Waals surface area contributed by atoms with Gasteiger partial charge in [0, 0.05) is 12.2 Å². The van der Waals surface area contributed by atoms with Crippen molar-refractivity contribution in [1.82, 2.24) is 5.32 Å². The summed E-state index contributed by atoms with van der Waals surface area (Å²) in [5.74, 6) is 0.473. The van der Waals surface area contributed by atoms with Crippen LogP contribution >= 0.6 is 24.0 Å². The van der Waals surface area contributed by atoms with E-state index in [1.807, 2.05) is 24.3 Å². The van der Waals surface area contributed by atoms with E-state index in [0.717, 1.165) is 18.5 Å². The van der Waals surface area contributed by atoms with E-state index in [2.05, 4.69) is 27.3 Å². The van der Waals surface area contributed by atoms with Crippen molar-refractivity contribution in [3.63, 3.8) is 0 Å². The highest BCUT2D eigenvalue weighted by Crippen LogP contribution is 2.10. The maximum absolute atomic E-state index is 11.1. The van der Waals surface area contributed by atoms with Gasteiger partial charge in [-0.25, -0.2) is 9.79 Å². The van der Waals surface area contributed by atoms with Crippen molar-refractivity contribution in [2.45, 2.75) is 52.0 Å². The standard InChI is InChI=1S/C18H30N4O2.HI/c1-3-4-5-6-7-8-13-20-17(19)21-14-15-9-11-16(12-10-15)22-18(23)24-2;/h9-12H,3-8,13-14H2,1-2H3,(H,22,23)(H3,19,20,21);1H. The Morgan fingerprint density at radius 1 is 1.12 bits per heavy atom. The molecule has 0 fully saturated rings. The van der Waals surface area contributed by atoms with Crippen LogP contribution in [0, 0.1) is 0 Å². The molecule has 25 heavy (non-hydrogen) atoms. The molecule has 1 rings (SSSR count). The van der Waals surface area contributed by atoms with E-state index in [0.29, 0.717) is 18.2 Å². The summed E-state index contributed by atoms with van der Waals surface area (Å²) in [4.78, 5) is 15.4. The average Bonchev–Trinajstić information content (AvgIpc) is 2.60. The summed E-state index contributed by atoms with van der Waals surface area (Å²) in [6.45, 7) is 3.60. The average molecular weight is 462 g/mol. The first-order valence-corrected chi connectivity index (χ1v) is 8.63. The lowest BCUT2D eigenvalue weighted by molar-refractivity contribution is 0.187. The quantitative estimate of drug-likeness (QED) is 0.210. The van der Waals surface area contributed by atoms with E-state index in [1.54, 1.807) is 0 Å². The Hall–Kier alpha value is -1.51. The summed E-state index contributed by atoms with van der Waals surface area (Å²) in [5.41, 5.74) is 7.57. The molecule has 0 unspecified atom stereocenters. The number of methoxy groups -OCH3 is 1. The zero-order valence-electron chi connectivity index (χ0n) is 15.2. The highest BCUT2D eigenvalue weighted by molar-refractivity contribution is 14.0. The normalized spacial score (nSPS) is 10.7. The van der Waals surface area contributed by atoms with Crippen LogP contribution in [0.3, 0.4) is 0 Å². The van der Waals surface area contributed by atoms with Crippen LogP contribution in [-0.4, -0.2) is 25.7 Å². The summed E-state index contributed by atoms with van der Waals surface area (Å²) >= 11 is 0. The molecule has 0 saturated heterocycles. The largest absolute Gasteiger partial charge is 0.453 e. The maximum atomic E-state index is 11.1. The number of halogens is 1. The summed E-state index contributed by atoms with van der Waals surface area (Å²) in [6.07, 6.45) is 7.08. The molecule has 0 saturated carbocycles. The molecule has 0 aliphatic carbocycles. The topological polar surface area (TPSA) is 88.7 Å². The van der Waals surface area contributed by atoms with Gasteiger partial charge < -0.3 is 15.8 Å². The predicted octanol–water partition coefficient (Wildman–Crippen LogP) is 4.25. The molecule has 0 aromatic heterocycles. The number of nitrogens with one attached hydrogen (secondary N) is 2. The second kappa shape index (κ2) is 14.8. The molecule has 7 heteroatoms. The molecule has 0 spiro atoms. The minimum atomic E-state index is -0.482. The molecule has 1 aromatic carbocycles. The van der Waals surface area contributed by atoms with Crippen molar-refractivity contribution in [3.05, 3.63) is 29.8 Å². The third-order valence-corrected chi connectivity index (χ3v) is 3.65. The molecule has 1 aromatic rings. The third-order valence-electron chi connectivity index (χ3n) is 3.65. The molecule has 0 bridgehead atoms. The van der Waals surface area contributed by atoms with Crippen LogP contribution in [-0.2, 0) is 11.3 Å². The van der Waals surface area contributed by atoms with Gasteiger partial charge in [-0.1, -0.05) is 51.2 Å². The second-order valence-electron chi connectivity index (χ2n) is 5.71. The lowest BCUT2D eigenvalue weighted by Gasteiger charge is -2.06. The number of hydrogen-bond acceptors (Lipinski definition) is 3. The number of carbonyl (C=O) groups is 1. The molecule has 0 atom stereocenters. The van der Waals surface area contributed by atoms with Crippen LogP contribution in [0.1, 0.15) is 51.0 Å². The summed E-state index contributed by atoms with van der Waals surface area (Å²) < 4.78 is 4.54. The van der Waals surface area contributed by atoms with Crippen LogP contribution in [0.5, 0.6) is 0 Å². The van der Waals surface area contributed by atoms with Crippen LogP contribution in [0.15, 0.2) is 29.3 Å². The minimum Gasteiger partial charge on any atom is -0.453 e. The smallest absolute Gasteiger partial charge is 0.411 e. The van der Waals surface area contributed by atoms with Gasteiger partial charge in [0.2, 0.25) is 0 Å². The van der Waals surface area contributed by atoms with Gasteiger partial charge in [-0.3, -0.25) is 5.32 Å². The predicted molar refractivity (Wildman–Crippen MR) is 115 cm³/mol. The van der Waals surface area contributed by atoms with Crippen LogP contribution in [0.4, 0.5) is 10.5 Å². The molecule has 0 heterocycles. The Kier molecular flexibility index (Phi) is 13.9. The molecule has 0 radical (unpaired) electrons. The molecule has 142 valence electrons. The summed E-state index contributed by atoms with van der Waals surface area (Å²) in [5, 5.41) is 5.75. The fourth-order valence-corrected chi connectivity index (χ4v) is 2.22. The van der Waals surface area contributed by atoms with Gasteiger partial charge in [-0.2, -0.15) is 0 Å². The first-order valence-electron chi connectivity index (χ1n) is 8.63. The number of aliphatic imine (C=N–C) groups is 1. The van der Waals surface area contributed by atoms with E-state index < -0.39 is 6.09 Å². The SMILES string of the molecule is CCCCCCCCNC(N)=NCc1ccc(NC(=O)OC)cc1.I. The highest BCUT2D eigenvalue weighted by atomic mass is 127. The van der Waals surface area contributed by atoms with Gasteiger partial charge in [0.25, 0.3) is 0 Å². The number of amides is 1. The number of rotatable bonds is 10. The molecular weight excluding hydrogens is 431 g/mol. The zero-order valence-corrected chi connectivity index (χ0v) is 17.5. The highest BCUT2D eigenvalue weighted by Gasteiger charge is 2.00. The van der Waals surface area contributed by atoms with Crippen molar-refractivity contribution in [3.8, 4) is 0 Å². The first-order chi connectivity index (χ1) is 11.7. The monoisotopic (exact) mass is 462 g/mol. The zero-order chi connectivity index (χ0) is 17.6. The summed E-state index contributed by atoms with van der Waals surface area (Å²) in [6, 6.07) is 7.41. The maximum Gasteiger partial charge on any atom is 0.411 e. The summed E-state index contributed by atoms with van der Waals surface area (Å²) in [7, 11) is 1.33. The number of carbonyl (C=O) groups excluding carboxylic acids is 1. The van der Waals surface area contributed by atoms with Crippen molar-refractivity contribution in [1.29, 1.82) is 0 Å². The van der Waals surface area contributed by atoms with E-state index in [4.69, 9.17) is 5.73 Å². The number of ether oxygens (including phenoxy) is 1. The number of unbranched alkanes of at least 4 members (excludes halogenated alkanes) is 5. The number of nitrogens with two attached hydrogens (primary N) is 1. The fourth-order valence-electron chi connectivity index (χ4n) is 2.22. The number of guanidine groups is 1. The van der Waals surface area contributed by atoms with Crippen molar-refractivity contribution in [2.75, 3.05) is 19.0 Å². The molecule has 0 aliphatic rings. The van der Waals surface area contributed by atoms with Gasteiger partial charge >= 0.3 is 6.09 Å². The number of benzene rings is 1. The first kappa shape index (κ1) is 23.5. The second-order valence-corrected chi connectivity index (χ2v) is 5.71. The lowest BCUT2D eigenvalue weighted by Crippen LogP contribution is -2.32. The van der Waals surface area contributed by atoms with E-state index in [9.17, 15) is 4.79 Å². The van der Waals surface area contributed by atoms with E-state index in [1.165, 1.54) is 39.2 Å². The van der Waals surface area contributed by atoms with Crippen LogP contribution < -0.4 is 16.4 Å². The van der Waals surface area contributed by atoms with Gasteiger partial charge in [0.05, 0.1) is 13.7 Å². The van der Waals surface area contributed by atoms with Gasteiger partial charge in [0.1, 0.15) is 0 Å². The van der Waals surface area contributed by atoms with Crippen LogP contribution in [0.25, 0.3) is 0 Å². The van der Waals surface area contributed by atoms with Crippen molar-refractivity contribution < 1.29 is 9.53 Å². The Morgan fingerprint density at radius 3 is 2.40 bits per heavy atom. The molecular formula is C18H31IN4O2. The molecule has 1 amide bonds. The third kappa shape index (κ3) is 11.6. The van der Waals surface area contributed by atoms with Crippen molar-refractivity contribution >= 4 is 41.7 Å². The molecule has 6 nitrogen and oxygen atoms in total. The van der Waals surface area contributed by atoms with Crippen molar-refractivity contribution in [2.24, 2.45) is 10.7 Å². The van der Waals surface area contributed by atoms with Gasteiger partial charge in [-0.15, -0.1) is 24.0 Å². The Labute approximate surface area is 168 Å². The van der Waals surface area contributed by atoms with Crippen LogP contribution in [0.2, 0.25) is 0 Å². The number of hydrogen-bond donors (Lipinski definition) is 3. The number of nitrogens with zero attached hydrogens (tertiary/aromatic N) is 1. The van der Waals surface area contributed by atoms with Gasteiger partial charge in [-0.05, 0) is 24.1 Å². The Morgan fingerprint density at radius 2 is 1.76 bits per heavy atom. The number of anilines is 1. The Balaban J connectivity index is 0.00000576.